The number of hydrogen-bond acceptors (Lipinski definition) is 2. The summed E-state index contributed by atoms with van der Waals surface area (Å²) in [5, 5.41) is 0. The molecule has 5 aliphatic rings. The van der Waals surface area contributed by atoms with Crippen LogP contribution in [0.5, 0.6) is 0 Å². The van der Waals surface area contributed by atoms with Crippen LogP contribution in [0.2, 0.25) is 0 Å². The number of Topliss-reactive ketones (excluding diaryl/α,β-unsaturated/α-hetero) is 1. The van der Waals surface area contributed by atoms with E-state index in [0.717, 1.165) is 30.1 Å². The summed E-state index contributed by atoms with van der Waals surface area (Å²) in [5.41, 5.74) is 4.41. The number of rotatable bonds is 3. The van der Waals surface area contributed by atoms with Gasteiger partial charge in [0.15, 0.2) is 5.78 Å². The van der Waals surface area contributed by atoms with Crippen molar-refractivity contribution < 1.29 is 4.79 Å². The summed E-state index contributed by atoms with van der Waals surface area (Å²) in [7, 11) is 0. The maximum absolute atomic E-state index is 14.7. The third-order valence-corrected chi connectivity index (χ3v) is 9.22. The minimum atomic E-state index is -0.326. The topological polar surface area (TPSA) is 20.3 Å². The van der Waals surface area contributed by atoms with Crippen LogP contribution in [0, 0.1) is 29.6 Å². The molecular formula is C29H29NO. The van der Waals surface area contributed by atoms with E-state index in [-0.39, 0.29) is 5.54 Å². The van der Waals surface area contributed by atoms with E-state index in [1.807, 2.05) is 0 Å². The molecule has 3 fully saturated rings. The SMILES string of the molecule is O=C1C(c2ccccc2)=C(c2ccccc2)C2C3CC(C4C=CCC43)[C@@]12N1CCCC1. The first-order chi connectivity index (χ1) is 15.3. The Morgan fingerprint density at radius 2 is 1.52 bits per heavy atom. The predicted molar refractivity (Wildman–Crippen MR) is 124 cm³/mol. The first kappa shape index (κ1) is 18.2. The molecule has 2 aromatic carbocycles. The van der Waals surface area contributed by atoms with Crippen molar-refractivity contribution in [2.24, 2.45) is 29.6 Å². The van der Waals surface area contributed by atoms with Gasteiger partial charge in [0.25, 0.3) is 0 Å². The summed E-state index contributed by atoms with van der Waals surface area (Å²) in [6, 6.07) is 21.4. The maximum atomic E-state index is 14.7. The fourth-order valence-corrected chi connectivity index (χ4v) is 8.34. The lowest BCUT2D eigenvalue weighted by atomic mass is 9.63. The van der Waals surface area contributed by atoms with Crippen molar-refractivity contribution in [1.29, 1.82) is 0 Å². The molecule has 2 aromatic rings. The summed E-state index contributed by atoms with van der Waals surface area (Å²) >= 11 is 0. The first-order valence-electron chi connectivity index (χ1n) is 12.1. The Hall–Kier alpha value is -2.45. The third-order valence-electron chi connectivity index (χ3n) is 9.22. The quantitative estimate of drug-likeness (QED) is 0.629. The van der Waals surface area contributed by atoms with E-state index < -0.39 is 0 Å². The molecule has 0 aromatic heterocycles. The Balaban J connectivity index is 1.50. The first-order valence-corrected chi connectivity index (χ1v) is 12.1. The molecule has 31 heavy (non-hydrogen) atoms. The molecule has 5 unspecified atom stereocenters. The number of carbonyl (C=O) groups is 1. The van der Waals surface area contributed by atoms with Crippen molar-refractivity contribution in [2.45, 2.75) is 31.2 Å². The van der Waals surface area contributed by atoms with Gasteiger partial charge in [-0.05, 0) is 79.1 Å². The average Bonchev–Trinajstić information content (AvgIpc) is 3.60. The number of nitrogens with zero attached hydrogens (tertiary/aromatic N) is 1. The van der Waals surface area contributed by atoms with E-state index in [4.69, 9.17) is 0 Å². The van der Waals surface area contributed by atoms with Crippen molar-refractivity contribution in [3.63, 3.8) is 0 Å². The molecule has 2 saturated carbocycles. The minimum absolute atomic E-state index is 0.326. The molecule has 156 valence electrons. The maximum Gasteiger partial charge on any atom is 0.184 e. The van der Waals surface area contributed by atoms with Gasteiger partial charge < -0.3 is 0 Å². The molecule has 7 rings (SSSR count). The van der Waals surface area contributed by atoms with Crippen molar-refractivity contribution in [3.8, 4) is 0 Å². The van der Waals surface area contributed by atoms with E-state index in [2.05, 4.69) is 77.7 Å². The molecule has 2 heteroatoms. The smallest absolute Gasteiger partial charge is 0.184 e. The lowest BCUT2D eigenvalue weighted by Gasteiger charge is -2.49. The molecule has 0 amide bonds. The molecule has 0 N–H and O–H groups in total. The zero-order valence-electron chi connectivity index (χ0n) is 17.9. The zero-order valence-corrected chi connectivity index (χ0v) is 17.9. The van der Waals surface area contributed by atoms with Gasteiger partial charge in [-0.3, -0.25) is 9.69 Å². The summed E-state index contributed by atoms with van der Waals surface area (Å²) in [6.07, 6.45) is 9.76. The molecule has 1 saturated heterocycles. The van der Waals surface area contributed by atoms with Gasteiger partial charge in [-0.1, -0.05) is 72.8 Å². The van der Waals surface area contributed by atoms with Gasteiger partial charge in [0.05, 0.1) is 5.54 Å². The highest BCUT2D eigenvalue weighted by atomic mass is 16.1. The van der Waals surface area contributed by atoms with Gasteiger partial charge in [0.1, 0.15) is 0 Å². The van der Waals surface area contributed by atoms with Gasteiger partial charge in [-0.15, -0.1) is 0 Å². The summed E-state index contributed by atoms with van der Waals surface area (Å²) in [5.74, 6) is 3.17. The molecule has 4 aliphatic carbocycles. The van der Waals surface area contributed by atoms with E-state index in [1.54, 1.807) is 0 Å². The second-order valence-electron chi connectivity index (χ2n) is 10.3. The van der Waals surface area contributed by atoms with Crippen molar-refractivity contribution >= 4 is 16.9 Å². The summed E-state index contributed by atoms with van der Waals surface area (Å²) in [4.78, 5) is 17.4. The van der Waals surface area contributed by atoms with Crippen LogP contribution in [-0.4, -0.2) is 29.3 Å². The Bertz CT molecular complexity index is 1090. The zero-order chi connectivity index (χ0) is 20.6. The number of likely N-dealkylation sites (tertiary alicyclic amines) is 1. The van der Waals surface area contributed by atoms with E-state index >= 15 is 0 Å². The number of allylic oxidation sites excluding steroid dienone is 2. The number of ketones is 1. The fourth-order valence-electron chi connectivity index (χ4n) is 8.34. The Morgan fingerprint density at radius 3 is 2.23 bits per heavy atom. The number of benzene rings is 2. The molecule has 1 aliphatic heterocycles. The second kappa shape index (κ2) is 6.53. The van der Waals surface area contributed by atoms with Crippen LogP contribution in [0.4, 0.5) is 0 Å². The third kappa shape index (κ3) is 2.19. The molecule has 0 spiro atoms. The monoisotopic (exact) mass is 407 g/mol. The molecule has 2 bridgehead atoms. The van der Waals surface area contributed by atoms with Crippen LogP contribution in [0.3, 0.4) is 0 Å². The number of carbonyl (C=O) groups excluding carboxylic acids is 1. The predicted octanol–water partition coefficient (Wildman–Crippen LogP) is 5.47. The fraction of sp³-hybridized carbons (Fsp3) is 0.414. The van der Waals surface area contributed by atoms with Gasteiger partial charge >= 0.3 is 0 Å². The van der Waals surface area contributed by atoms with Crippen LogP contribution in [0.1, 0.15) is 36.8 Å². The molecule has 6 atom stereocenters. The van der Waals surface area contributed by atoms with Crippen LogP contribution in [0.25, 0.3) is 11.1 Å². The Kier molecular flexibility index (Phi) is 3.82. The standard InChI is InChI=1S/C29H29NO/c31-28-26(20-12-5-2-6-13-20)25(19-10-3-1-4-11-19)27-23-18-24(22-15-9-14-21(22)23)29(27,28)30-16-7-8-17-30/h1-6,9-13,15,21-24,27H,7-8,14,16-18H2/t21?,22?,23?,24?,27?,29-/m0/s1. The second-order valence-corrected chi connectivity index (χ2v) is 10.3. The van der Waals surface area contributed by atoms with Crippen LogP contribution >= 0.6 is 0 Å². The molecular weight excluding hydrogens is 378 g/mol. The summed E-state index contributed by atoms with van der Waals surface area (Å²) < 4.78 is 0. The van der Waals surface area contributed by atoms with Gasteiger partial charge in [0.2, 0.25) is 0 Å². The number of fused-ring (bicyclic) bond motifs is 8. The minimum Gasteiger partial charge on any atom is -0.292 e. The van der Waals surface area contributed by atoms with Crippen LogP contribution in [-0.2, 0) is 4.79 Å². The van der Waals surface area contributed by atoms with Crippen molar-refractivity contribution in [1.82, 2.24) is 4.90 Å². The van der Waals surface area contributed by atoms with Crippen LogP contribution < -0.4 is 0 Å². The number of hydrogen-bond donors (Lipinski definition) is 0. The lowest BCUT2D eigenvalue weighted by Crippen LogP contribution is -2.62. The largest absolute Gasteiger partial charge is 0.292 e. The summed E-state index contributed by atoms with van der Waals surface area (Å²) in [6.45, 7) is 2.16. The Labute approximate surface area is 184 Å². The Morgan fingerprint density at radius 1 is 0.839 bits per heavy atom. The highest BCUT2D eigenvalue weighted by Crippen LogP contribution is 2.71. The van der Waals surface area contributed by atoms with Crippen LogP contribution in [0.15, 0.2) is 72.8 Å². The van der Waals surface area contributed by atoms with Gasteiger partial charge in [-0.2, -0.15) is 0 Å². The van der Waals surface area contributed by atoms with Crippen molar-refractivity contribution in [2.75, 3.05) is 13.1 Å². The normalized spacial score (nSPS) is 38.3. The highest BCUT2D eigenvalue weighted by molar-refractivity contribution is 6.36. The van der Waals surface area contributed by atoms with Crippen molar-refractivity contribution in [3.05, 3.63) is 83.9 Å². The molecule has 0 radical (unpaired) electrons. The average molecular weight is 408 g/mol. The van der Waals surface area contributed by atoms with E-state index in [1.165, 1.54) is 36.8 Å². The van der Waals surface area contributed by atoms with Gasteiger partial charge in [0, 0.05) is 11.5 Å². The molecule has 1 heterocycles. The highest BCUT2D eigenvalue weighted by Gasteiger charge is 2.74. The van der Waals surface area contributed by atoms with Gasteiger partial charge in [-0.25, -0.2) is 0 Å². The van der Waals surface area contributed by atoms with E-state index in [0.29, 0.717) is 29.5 Å². The lowest BCUT2D eigenvalue weighted by molar-refractivity contribution is -0.131. The van der Waals surface area contributed by atoms with E-state index in [9.17, 15) is 4.79 Å². The molecule has 2 nitrogen and oxygen atoms in total.